The van der Waals surface area contributed by atoms with Crippen molar-refractivity contribution >= 4 is 5.78 Å². The zero-order chi connectivity index (χ0) is 11.4. The predicted octanol–water partition coefficient (Wildman–Crippen LogP) is -0.580. The normalized spacial score (nSPS) is 10.1. The van der Waals surface area contributed by atoms with Crippen LogP contribution in [0.1, 0.15) is 6.92 Å². The Morgan fingerprint density at radius 1 is 1.50 bits per heavy atom. The number of hydrogen-bond acceptors (Lipinski definition) is 7. The largest absolute Gasteiger partial charge is 0.470 e. The Labute approximate surface area is 90.3 Å². The van der Waals surface area contributed by atoms with Crippen LogP contribution >= 0.6 is 0 Å². The third-order valence-electron chi connectivity index (χ3n) is 1.63. The first-order valence-electron chi connectivity index (χ1n) is 4.43. The molecule has 0 saturated carbocycles. The fourth-order valence-corrected chi connectivity index (χ4v) is 0.976. The molecule has 2 aromatic rings. The molecule has 2 rings (SSSR count). The van der Waals surface area contributed by atoms with Crippen LogP contribution in [0.15, 0.2) is 18.7 Å². The molecular weight excluding hydrogens is 212 g/mol. The Morgan fingerprint density at radius 3 is 3.06 bits per heavy atom. The molecule has 0 aliphatic rings. The third kappa shape index (κ3) is 2.35. The van der Waals surface area contributed by atoms with Gasteiger partial charge >= 0.3 is 0 Å². The van der Waals surface area contributed by atoms with E-state index in [2.05, 4.69) is 25.5 Å². The molecule has 0 saturated heterocycles. The van der Waals surface area contributed by atoms with E-state index in [1.807, 2.05) is 0 Å². The summed E-state index contributed by atoms with van der Waals surface area (Å²) in [5, 5.41) is 10.6. The second kappa shape index (κ2) is 4.43. The molecule has 0 atom stereocenters. The van der Waals surface area contributed by atoms with Crippen molar-refractivity contribution in [2.75, 3.05) is 6.61 Å². The molecule has 8 heteroatoms. The minimum absolute atomic E-state index is 0.0218. The van der Waals surface area contributed by atoms with Crippen LogP contribution in [0.4, 0.5) is 0 Å². The SMILES string of the molecule is CC(=O)COc1cc(-n2cnnn2)ncn1. The molecular formula is C8H8N6O2. The zero-order valence-corrected chi connectivity index (χ0v) is 8.44. The smallest absolute Gasteiger partial charge is 0.218 e. The standard InChI is InChI=1S/C8H8N6O2/c1-6(15)3-16-8-2-7(9-4-10-8)14-5-11-12-13-14/h2,4-5H,3H2,1H3. The van der Waals surface area contributed by atoms with Crippen molar-refractivity contribution in [2.24, 2.45) is 0 Å². The van der Waals surface area contributed by atoms with Crippen molar-refractivity contribution in [3.8, 4) is 11.7 Å². The van der Waals surface area contributed by atoms with E-state index in [0.717, 1.165) is 0 Å². The van der Waals surface area contributed by atoms with E-state index in [9.17, 15) is 4.79 Å². The molecule has 0 unspecified atom stereocenters. The highest BCUT2D eigenvalue weighted by Gasteiger charge is 2.03. The first-order valence-corrected chi connectivity index (χ1v) is 4.43. The van der Waals surface area contributed by atoms with Gasteiger partial charge in [-0.2, -0.15) is 4.68 Å². The Morgan fingerprint density at radius 2 is 2.38 bits per heavy atom. The number of carbonyl (C=O) groups excluding carboxylic acids is 1. The first kappa shape index (κ1) is 10.1. The Kier molecular flexibility index (Phi) is 2.81. The van der Waals surface area contributed by atoms with Crippen molar-refractivity contribution in [2.45, 2.75) is 6.92 Å². The number of Topliss-reactive ketones (excluding diaryl/α,β-unsaturated/α-hetero) is 1. The van der Waals surface area contributed by atoms with E-state index >= 15 is 0 Å². The fourth-order valence-electron chi connectivity index (χ4n) is 0.976. The summed E-state index contributed by atoms with van der Waals surface area (Å²) >= 11 is 0. The minimum Gasteiger partial charge on any atom is -0.470 e. The topological polar surface area (TPSA) is 95.7 Å². The van der Waals surface area contributed by atoms with E-state index in [4.69, 9.17) is 4.74 Å². The van der Waals surface area contributed by atoms with Gasteiger partial charge in [-0.3, -0.25) is 4.79 Å². The van der Waals surface area contributed by atoms with Gasteiger partial charge in [-0.05, 0) is 17.4 Å². The summed E-state index contributed by atoms with van der Waals surface area (Å²) in [4.78, 5) is 18.5. The molecule has 0 aliphatic carbocycles. The molecule has 2 aromatic heterocycles. The number of aromatic nitrogens is 6. The van der Waals surface area contributed by atoms with Crippen molar-refractivity contribution in [3.63, 3.8) is 0 Å². The molecule has 0 radical (unpaired) electrons. The van der Waals surface area contributed by atoms with Crippen LogP contribution in [0.2, 0.25) is 0 Å². The Balaban J connectivity index is 2.17. The van der Waals surface area contributed by atoms with Crippen LogP contribution in [-0.4, -0.2) is 42.6 Å². The maximum absolute atomic E-state index is 10.7. The predicted molar refractivity (Wildman–Crippen MR) is 50.9 cm³/mol. The number of rotatable bonds is 4. The van der Waals surface area contributed by atoms with Gasteiger partial charge in [0.25, 0.3) is 0 Å². The van der Waals surface area contributed by atoms with Crippen LogP contribution in [0.25, 0.3) is 5.82 Å². The van der Waals surface area contributed by atoms with E-state index in [-0.39, 0.29) is 12.4 Å². The molecule has 0 aromatic carbocycles. The zero-order valence-electron chi connectivity index (χ0n) is 8.44. The third-order valence-corrected chi connectivity index (χ3v) is 1.63. The van der Waals surface area contributed by atoms with Gasteiger partial charge in [-0.25, -0.2) is 9.97 Å². The molecule has 0 amide bonds. The molecule has 0 fully saturated rings. The lowest BCUT2D eigenvalue weighted by Crippen LogP contribution is -2.08. The van der Waals surface area contributed by atoms with E-state index in [1.54, 1.807) is 6.07 Å². The molecule has 0 aliphatic heterocycles. The van der Waals surface area contributed by atoms with Gasteiger partial charge in [-0.15, -0.1) is 5.10 Å². The van der Waals surface area contributed by atoms with Gasteiger partial charge in [0.2, 0.25) is 5.88 Å². The van der Waals surface area contributed by atoms with Crippen molar-refractivity contribution in [1.29, 1.82) is 0 Å². The van der Waals surface area contributed by atoms with Crippen LogP contribution in [0.3, 0.4) is 0 Å². The molecule has 0 bridgehead atoms. The van der Waals surface area contributed by atoms with Crippen molar-refractivity contribution in [1.82, 2.24) is 30.2 Å². The van der Waals surface area contributed by atoms with Crippen LogP contribution in [0.5, 0.6) is 5.88 Å². The van der Waals surface area contributed by atoms with Gasteiger partial charge in [0.1, 0.15) is 19.3 Å². The summed E-state index contributed by atoms with van der Waals surface area (Å²) in [6.07, 6.45) is 2.71. The minimum atomic E-state index is -0.0809. The fraction of sp³-hybridized carbons (Fsp3) is 0.250. The van der Waals surface area contributed by atoms with Gasteiger partial charge in [0, 0.05) is 6.07 Å². The average molecular weight is 220 g/mol. The maximum Gasteiger partial charge on any atom is 0.218 e. The second-order valence-electron chi connectivity index (χ2n) is 2.96. The second-order valence-corrected chi connectivity index (χ2v) is 2.96. The van der Waals surface area contributed by atoms with Crippen LogP contribution < -0.4 is 4.74 Å². The van der Waals surface area contributed by atoms with Crippen molar-refractivity contribution in [3.05, 3.63) is 18.7 Å². The molecule has 2 heterocycles. The Bertz CT molecular complexity index is 483. The van der Waals surface area contributed by atoms with Crippen LogP contribution in [-0.2, 0) is 4.79 Å². The molecule has 16 heavy (non-hydrogen) atoms. The number of carbonyl (C=O) groups is 1. The number of ketones is 1. The van der Waals surface area contributed by atoms with Gasteiger partial charge < -0.3 is 4.74 Å². The molecule has 0 spiro atoms. The highest BCUT2D eigenvalue weighted by atomic mass is 16.5. The van der Waals surface area contributed by atoms with E-state index in [1.165, 1.54) is 24.3 Å². The van der Waals surface area contributed by atoms with Crippen LogP contribution in [0, 0.1) is 0 Å². The summed E-state index contributed by atoms with van der Waals surface area (Å²) in [6, 6.07) is 1.54. The average Bonchev–Trinajstić information content (AvgIpc) is 2.80. The molecule has 0 N–H and O–H groups in total. The molecule has 8 nitrogen and oxygen atoms in total. The molecule has 82 valence electrons. The number of ether oxygens (including phenoxy) is 1. The summed E-state index contributed by atoms with van der Waals surface area (Å²) in [7, 11) is 0. The quantitative estimate of drug-likeness (QED) is 0.680. The maximum atomic E-state index is 10.7. The lowest BCUT2D eigenvalue weighted by atomic mass is 10.5. The summed E-state index contributed by atoms with van der Waals surface area (Å²) in [5.74, 6) is 0.692. The van der Waals surface area contributed by atoms with Gasteiger partial charge in [0.05, 0.1) is 0 Å². The van der Waals surface area contributed by atoms with E-state index in [0.29, 0.717) is 11.7 Å². The summed E-state index contributed by atoms with van der Waals surface area (Å²) < 4.78 is 6.49. The number of tetrazole rings is 1. The summed E-state index contributed by atoms with van der Waals surface area (Å²) in [6.45, 7) is 1.41. The first-order chi connectivity index (χ1) is 7.75. The highest BCUT2D eigenvalue weighted by Crippen LogP contribution is 2.08. The van der Waals surface area contributed by atoms with Gasteiger partial charge in [0.15, 0.2) is 11.6 Å². The monoisotopic (exact) mass is 220 g/mol. The number of hydrogen-bond donors (Lipinski definition) is 0. The lowest BCUT2D eigenvalue weighted by Gasteiger charge is -2.03. The highest BCUT2D eigenvalue weighted by molar-refractivity contribution is 5.77. The van der Waals surface area contributed by atoms with Crippen molar-refractivity contribution < 1.29 is 9.53 Å². The Hall–Kier alpha value is -2.38. The summed E-state index contributed by atoms with van der Waals surface area (Å²) in [5.41, 5.74) is 0. The van der Waals surface area contributed by atoms with E-state index < -0.39 is 0 Å². The number of nitrogens with zero attached hydrogens (tertiary/aromatic N) is 6. The van der Waals surface area contributed by atoms with Gasteiger partial charge in [-0.1, -0.05) is 0 Å². The lowest BCUT2D eigenvalue weighted by molar-refractivity contribution is -0.119.